The Bertz CT molecular complexity index is 2070. The minimum absolute atomic E-state index is 0.820. The smallest absolute Gasteiger partial charge is 0.0945 e. The van der Waals surface area contributed by atoms with Gasteiger partial charge in [0.25, 0.3) is 0 Å². The topological polar surface area (TPSA) is 16.1 Å². The lowest BCUT2D eigenvalue weighted by molar-refractivity contribution is 1.09. The van der Waals surface area contributed by atoms with E-state index in [1.165, 1.54) is 59.4 Å². The molecular formula is C36H24N2S. The molecular weight excluding hydrogens is 492 g/mol. The van der Waals surface area contributed by atoms with Gasteiger partial charge in [-0.3, -0.25) is 4.98 Å². The van der Waals surface area contributed by atoms with Gasteiger partial charge in [-0.1, -0.05) is 97.1 Å². The second kappa shape index (κ2) is 8.93. The van der Waals surface area contributed by atoms with Gasteiger partial charge in [0.05, 0.1) is 11.2 Å². The summed E-state index contributed by atoms with van der Waals surface area (Å²) in [4.78, 5) is 7.15. The van der Waals surface area contributed by atoms with E-state index in [1.54, 1.807) is 0 Å². The molecule has 0 spiro atoms. The molecule has 2 nitrogen and oxygen atoms in total. The molecule has 2 aromatic heterocycles. The van der Waals surface area contributed by atoms with Gasteiger partial charge in [-0.05, 0) is 52.6 Å². The Labute approximate surface area is 231 Å². The lowest BCUT2D eigenvalue weighted by Crippen LogP contribution is -2.21. The van der Waals surface area contributed by atoms with Crippen LogP contribution in [-0.4, -0.2) is 11.5 Å². The zero-order valence-corrected chi connectivity index (χ0v) is 22.0. The molecule has 3 heteroatoms. The summed E-state index contributed by atoms with van der Waals surface area (Å²) in [6.45, 7) is 0.820. The van der Waals surface area contributed by atoms with Crippen molar-refractivity contribution in [3.63, 3.8) is 0 Å². The first-order valence-corrected chi connectivity index (χ1v) is 14.1. The number of aromatic nitrogens is 1. The van der Waals surface area contributed by atoms with Gasteiger partial charge >= 0.3 is 0 Å². The number of rotatable bonds is 3. The van der Waals surface area contributed by atoms with E-state index < -0.39 is 0 Å². The average molecular weight is 517 g/mol. The molecule has 0 N–H and O–H groups in total. The lowest BCUT2D eigenvalue weighted by Gasteiger charge is -2.29. The maximum atomic E-state index is 4.76. The monoisotopic (exact) mass is 516 g/mol. The summed E-state index contributed by atoms with van der Waals surface area (Å²) in [5.41, 5.74) is 9.57. The van der Waals surface area contributed by atoms with Crippen molar-refractivity contribution in [2.45, 2.75) is 0 Å². The number of fused-ring (bicyclic) bond motifs is 6. The van der Waals surface area contributed by atoms with Gasteiger partial charge in [0.2, 0.25) is 0 Å². The number of nitrogens with zero attached hydrogens (tertiary/aromatic N) is 2. The van der Waals surface area contributed by atoms with Crippen LogP contribution in [0.2, 0.25) is 0 Å². The number of hydrogen-bond acceptors (Lipinski definition) is 3. The Hall–Kier alpha value is -4.73. The molecule has 5 aromatic carbocycles. The molecule has 0 unspecified atom stereocenters. The van der Waals surface area contributed by atoms with E-state index in [4.69, 9.17) is 4.98 Å². The van der Waals surface area contributed by atoms with Crippen molar-refractivity contribution in [2.24, 2.45) is 0 Å². The number of thiophene rings is 1. The Kier molecular flexibility index (Phi) is 5.10. The summed E-state index contributed by atoms with van der Waals surface area (Å²) in [7, 11) is 0. The minimum atomic E-state index is 0.820. The van der Waals surface area contributed by atoms with Gasteiger partial charge in [-0.2, -0.15) is 0 Å². The average Bonchev–Trinajstić information content (AvgIpc) is 3.40. The van der Waals surface area contributed by atoms with Gasteiger partial charge < -0.3 is 4.90 Å². The zero-order chi connectivity index (χ0) is 25.8. The van der Waals surface area contributed by atoms with Gasteiger partial charge in [0.15, 0.2) is 0 Å². The number of benzene rings is 5. The van der Waals surface area contributed by atoms with Gasteiger partial charge in [0, 0.05) is 49.6 Å². The van der Waals surface area contributed by atoms with Gasteiger partial charge in [-0.25, -0.2) is 0 Å². The number of hydrogen-bond donors (Lipinski definition) is 0. The summed E-state index contributed by atoms with van der Waals surface area (Å²) in [6.07, 6.45) is 6.33. The predicted octanol–water partition coefficient (Wildman–Crippen LogP) is 10.1. The number of pyridine rings is 1. The molecule has 0 saturated carbocycles. The highest BCUT2D eigenvalue weighted by Gasteiger charge is 2.19. The Balaban J connectivity index is 1.23. The van der Waals surface area contributed by atoms with Crippen molar-refractivity contribution in [3.05, 3.63) is 133 Å². The van der Waals surface area contributed by atoms with E-state index in [-0.39, 0.29) is 0 Å². The van der Waals surface area contributed by atoms with Crippen LogP contribution in [0.5, 0.6) is 0 Å². The van der Waals surface area contributed by atoms with Gasteiger partial charge in [0.1, 0.15) is 0 Å². The van der Waals surface area contributed by atoms with Gasteiger partial charge in [-0.15, -0.1) is 11.3 Å². The third kappa shape index (κ3) is 3.66. The highest BCUT2D eigenvalue weighted by atomic mass is 32.1. The van der Waals surface area contributed by atoms with E-state index >= 15 is 0 Å². The van der Waals surface area contributed by atoms with Crippen LogP contribution in [0.3, 0.4) is 0 Å². The predicted molar refractivity (Wildman–Crippen MR) is 168 cm³/mol. The third-order valence-corrected chi connectivity index (χ3v) is 8.92. The van der Waals surface area contributed by atoms with Crippen LogP contribution in [0.25, 0.3) is 59.4 Å². The molecule has 0 fully saturated rings. The fourth-order valence-corrected chi connectivity index (χ4v) is 7.11. The Morgan fingerprint density at radius 1 is 0.667 bits per heavy atom. The van der Waals surface area contributed by atoms with E-state index in [9.17, 15) is 0 Å². The molecule has 0 saturated heterocycles. The summed E-state index contributed by atoms with van der Waals surface area (Å²) >= 11 is 1.88. The van der Waals surface area contributed by atoms with Crippen molar-refractivity contribution in [2.75, 3.05) is 11.4 Å². The molecule has 39 heavy (non-hydrogen) atoms. The summed E-state index contributed by atoms with van der Waals surface area (Å²) in [6, 6.07) is 41.7. The largest absolute Gasteiger partial charge is 0.335 e. The van der Waals surface area contributed by atoms with Crippen LogP contribution < -0.4 is 4.90 Å². The molecule has 3 heterocycles. The fraction of sp³-hybridized carbons (Fsp3) is 0.0278. The second-order valence-corrected chi connectivity index (χ2v) is 11.1. The van der Waals surface area contributed by atoms with Crippen molar-refractivity contribution >= 4 is 59.9 Å². The second-order valence-electron chi connectivity index (χ2n) is 10.0. The maximum absolute atomic E-state index is 4.76. The van der Waals surface area contributed by atoms with E-state index in [1.807, 2.05) is 23.6 Å². The zero-order valence-electron chi connectivity index (χ0n) is 21.2. The normalized spacial score (nSPS) is 12.9. The summed E-state index contributed by atoms with van der Waals surface area (Å²) in [5, 5.41) is 3.83. The number of anilines is 2. The van der Waals surface area contributed by atoms with Crippen LogP contribution in [-0.2, 0) is 0 Å². The Morgan fingerprint density at radius 2 is 1.49 bits per heavy atom. The molecule has 0 aliphatic carbocycles. The molecule has 7 aromatic rings. The molecule has 0 atom stereocenters. The highest BCUT2D eigenvalue weighted by molar-refractivity contribution is 7.26. The molecule has 0 bridgehead atoms. The highest BCUT2D eigenvalue weighted by Crippen LogP contribution is 2.42. The van der Waals surface area contributed by atoms with Crippen molar-refractivity contribution in [3.8, 4) is 22.3 Å². The summed E-state index contributed by atoms with van der Waals surface area (Å²) < 4.78 is 2.68. The molecule has 8 rings (SSSR count). The first-order valence-electron chi connectivity index (χ1n) is 13.3. The first-order chi connectivity index (χ1) is 19.3. The lowest BCUT2D eigenvalue weighted by atomic mass is 9.97. The molecule has 1 aliphatic rings. The van der Waals surface area contributed by atoms with Crippen LogP contribution >= 0.6 is 11.3 Å². The first kappa shape index (κ1) is 22.3. The third-order valence-electron chi connectivity index (χ3n) is 7.70. The standard InChI is InChI=1S/C36H24N2S/c1-2-17-33-31(14-1)32-16-5-15-30(36(32)39-33)28-10-3-8-26(22-28)27-9-4-13-29(23-27)38-21-7-12-25-19-18-24-11-6-20-37-34(24)35(25)38/h1-20,22-23H,21H2. The van der Waals surface area contributed by atoms with Crippen LogP contribution in [0.1, 0.15) is 5.56 Å². The van der Waals surface area contributed by atoms with E-state index in [0.717, 1.165) is 17.4 Å². The van der Waals surface area contributed by atoms with E-state index in [2.05, 4.69) is 126 Å². The van der Waals surface area contributed by atoms with Crippen molar-refractivity contribution in [1.29, 1.82) is 0 Å². The van der Waals surface area contributed by atoms with E-state index in [0.29, 0.717) is 0 Å². The SMILES string of the molecule is C1=Cc2ccc3cccnc3c2N(c2cccc(-c3cccc(-c4cccc5c4sc4ccccc45)c3)c2)C1. The summed E-state index contributed by atoms with van der Waals surface area (Å²) in [5.74, 6) is 0. The van der Waals surface area contributed by atoms with Crippen LogP contribution in [0.4, 0.5) is 11.4 Å². The fourth-order valence-electron chi connectivity index (χ4n) is 5.87. The Morgan fingerprint density at radius 3 is 2.46 bits per heavy atom. The molecule has 0 amide bonds. The molecule has 1 aliphatic heterocycles. The molecule has 0 radical (unpaired) electrons. The molecule has 184 valence electrons. The minimum Gasteiger partial charge on any atom is -0.335 e. The van der Waals surface area contributed by atoms with Crippen LogP contribution in [0.15, 0.2) is 128 Å². The maximum Gasteiger partial charge on any atom is 0.0945 e. The van der Waals surface area contributed by atoms with Crippen molar-refractivity contribution < 1.29 is 0 Å². The quantitative estimate of drug-likeness (QED) is 0.232. The van der Waals surface area contributed by atoms with Crippen LogP contribution in [0, 0.1) is 0 Å². The van der Waals surface area contributed by atoms with Crippen molar-refractivity contribution in [1.82, 2.24) is 4.98 Å².